The van der Waals surface area contributed by atoms with Crippen molar-refractivity contribution < 1.29 is 14.3 Å². The maximum absolute atomic E-state index is 12.4. The number of amides is 1. The summed E-state index contributed by atoms with van der Waals surface area (Å²) < 4.78 is 5.61. The molecule has 27 heavy (non-hydrogen) atoms. The van der Waals surface area contributed by atoms with E-state index in [1.54, 1.807) is 37.4 Å². The lowest BCUT2D eigenvalue weighted by Gasteiger charge is -2.10. The third-order valence-electron chi connectivity index (χ3n) is 3.59. The van der Waals surface area contributed by atoms with Crippen molar-refractivity contribution in [3.63, 3.8) is 0 Å². The van der Waals surface area contributed by atoms with Crippen molar-refractivity contribution >= 4 is 51.7 Å². The fourth-order valence-electron chi connectivity index (χ4n) is 2.34. The molecule has 0 bridgehead atoms. The highest BCUT2D eigenvalue weighted by molar-refractivity contribution is 8.02. The maximum Gasteiger partial charge on any atom is 0.323 e. The number of carbonyl (C=O) groups is 2. The van der Waals surface area contributed by atoms with Gasteiger partial charge in [-0.2, -0.15) is 0 Å². The normalized spacial score (nSPS) is 12.1. The number of aromatic nitrogens is 3. The van der Waals surface area contributed by atoms with E-state index in [4.69, 9.17) is 4.74 Å². The Hall–Kier alpha value is -2.59. The number of ether oxygens (including phenoxy) is 1. The van der Waals surface area contributed by atoms with Crippen LogP contribution in [-0.4, -0.2) is 38.7 Å². The molecule has 0 fully saturated rings. The third-order valence-corrected chi connectivity index (χ3v) is 5.71. The quantitative estimate of drug-likeness (QED) is 0.410. The number of benzene rings is 1. The topological polar surface area (TPSA) is 117 Å². The summed E-state index contributed by atoms with van der Waals surface area (Å²) in [5.74, 6) is -0.497. The molecule has 0 aliphatic carbocycles. The second-order valence-electron chi connectivity index (χ2n) is 5.68. The molecule has 2 heterocycles. The van der Waals surface area contributed by atoms with Crippen molar-refractivity contribution in [3.05, 3.63) is 39.8 Å². The van der Waals surface area contributed by atoms with E-state index in [1.165, 1.54) is 23.1 Å². The average molecular weight is 406 g/mol. The summed E-state index contributed by atoms with van der Waals surface area (Å²) in [4.78, 5) is 44.9. The molecule has 2 aromatic heterocycles. The number of imidazole rings is 1. The van der Waals surface area contributed by atoms with Gasteiger partial charge in [0.25, 0.3) is 0 Å². The van der Waals surface area contributed by atoms with Crippen LogP contribution < -0.4 is 11.0 Å². The largest absolute Gasteiger partial charge is 0.466 e. The summed E-state index contributed by atoms with van der Waals surface area (Å²) in [7, 11) is 0. The summed E-state index contributed by atoms with van der Waals surface area (Å²) in [5, 5.41) is 4.24. The molecule has 0 aliphatic rings. The molecule has 3 N–H and O–H groups in total. The minimum absolute atomic E-state index is 0.125. The highest BCUT2D eigenvalue weighted by Crippen LogP contribution is 2.28. The first-order valence-electron chi connectivity index (χ1n) is 8.24. The molecule has 0 spiro atoms. The number of H-pyrrole nitrogens is 2. The molecular weight excluding hydrogens is 388 g/mol. The van der Waals surface area contributed by atoms with E-state index in [1.807, 2.05) is 0 Å². The number of anilines is 1. The van der Waals surface area contributed by atoms with E-state index < -0.39 is 0 Å². The lowest BCUT2D eigenvalue weighted by atomic mass is 10.2. The smallest absolute Gasteiger partial charge is 0.323 e. The molecule has 0 saturated carbocycles. The van der Waals surface area contributed by atoms with Crippen molar-refractivity contribution in [2.24, 2.45) is 0 Å². The van der Waals surface area contributed by atoms with Crippen LogP contribution in [-0.2, 0) is 20.7 Å². The molecule has 1 amide bonds. The van der Waals surface area contributed by atoms with Gasteiger partial charge in [0, 0.05) is 11.1 Å². The molecule has 10 heteroatoms. The standard InChI is InChI=1S/C17H18N4O4S2/c1-3-25-14(22)7-11-8-26-17(19-11)27-9(2)15(23)18-10-4-5-12-13(6-10)21-16(24)20-12/h4-6,8-9H,3,7H2,1-2H3,(H,18,23)(H2,20,21,24)/t9-/m1/s1. The van der Waals surface area contributed by atoms with E-state index in [2.05, 4.69) is 20.3 Å². The number of rotatable bonds is 7. The van der Waals surface area contributed by atoms with Crippen LogP contribution >= 0.6 is 23.1 Å². The van der Waals surface area contributed by atoms with Crippen LogP contribution in [0, 0.1) is 0 Å². The van der Waals surface area contributed by atoms with Gasteiger partial charge in [0.15, 0.2) is 4.34 Å². The van der Waals surface area contributed by atoms with Gasteiger partial charge in [0.1, 0.15) is 0 Å². The Morgan fingerprint density at radius 1 is 1.33 bits per heavy atom. The second-order valence-corrected chi connectivity index (χ2v) is 8.12. The van der Waals surface area contributed by atoms with Crippen LogP contribution in [0.5, 0.6) is 0 Å². The van der Waals surface area contributed by atoms with Crippen LogP contribution in [0.3, 0.4) is 0 Å². The van der Waals surface area contributed by atoms with Crippen molar-refractivity contribution in [2.75, 3.05) is 11.9 Å². The number of carbonyl (C=O) groups excluding carboxylic acids is 2. The van der Waals surface area contributed by atoms with Crippen LogP contribution in [0.15, 0.2) is 32.7 Å². The van der Waals surface area contributed by atoms with Gasteiger partial charge in [-0.1, -0.05) is 11.8 Å². The Morgan fingerprint density at radius 2 is 2.11 bits per heavy atom. The first-order valence-corrected chi connectivity index (χ1v) is 10.00. The average Bonchev–Trinajstić information content (AvgIpc) is 3.19. The number of nitrogens with one attached hydrogen (secondary N) is 3. The number of nitrogens with zero attached hydrogens (tertiary/aromatic N) is 1. The van der Waals surface area contributed by atoms with Crippen LogP contribution in [0.2, 0.25) is 0 Å². The highest BCUT2D eigenvalue weighted by Gasteiger charge is 2.18. The molecular formula is C17H18N4O4S2. The van der Waals surface area contributed by atoms with E-state index in [0.29, 0.717) is 33.4 Å². The Kier molecular flexibility index (Phi) is 5.97. The van der Waals surface area contributed by atoms with Crippen LogP contribution in [0.25, 0.3) is 11.0 Å². The molecule has 0 saturated heterocycles. The minimum Gasteiger partial charge on any atom is -0.466 e. The van der Waals surface area contributed by atoms with E-state index in [0.717, 1.165) is 0 Å². The lowest BCUT2D eigenvalue weighted by Crippen LogP contribution is -2.22. The molecule has 1 aromatic carbocycles. The van der Waals surface area contributed by atoms with Crippen molar-refractivity contribution in [1.82, 2.24) is 15.0 Å². The van der Waals surface area contributed by atoms with E-state index in [-0.39, 0.29) is 29.2 Å². The Morgan fingerprint density at radius 3 is 2.89 bits per heavy atom. The fourth-order valence-corrected chi connectivity index (χ4v) is 4.32. The van der Waals surface area contributed by atoms with E-state index >= 15 is 0 Å². The third kappa shape index (κ3) is 4.98. The molecule has 3 aromatic rings. The SMILES string of the molecule is CCOC(=O)Cc1csc(S[C@H](C)C(=O)Nc2ccc3[nH]c(=O)[nH]c3c2)n1. The Labute approximate surface area is 162 Å². The minimum atomic E-state index is -0.382. The van der Waals surface area contributed by atoms with E-state index in [9.17, 15) is 14.4 Å². The zero-order chi connectivity index (χ0) is 19.4. The first kappa shape index (κ1) is 19.2. The Balaban J connectivity index is 1.59. The summed E-state index contributed by atoms with van der Waals surface area (Å²) >= 11 is 2.71. The zero-order valence-electron chi connectivity index (χ0n) is 14.7. The molecule has 0 aliphatic heterocycles. The summed E-state index contributed by atoms with van der Waals surface area (Å²) in [6, 6.07) is 5.15. The predicted octanol–water partition coefficient (Wildman–Crippen LogP) is 2.54. The number of aromatic amines is 2. The molecule has 0 radical (unpaired) electrons. The van der Waals surface area contributed by atoms with Crippen LogP contribution in [0.1, 0.15) is 19.5 Å². The zero-order valence-corrected chi connectivity index (χ0v) is 16.3. The number of thiazole rings is 1. The van der Waals surface area contributed by atoms with Gasteiger partial charge in [0.05, 0.1) is 35.0 Å². The number of thioether (sulfide) groups is 1. The second kappa shape index (κ2) is 8.40. The molecule has 142 valence electrons. The predicted molar refractivity (Wildman–Crippen MR) is 105 cm³/mol. The molecule has 1 atom stereocenters. The van der Waals surface area contributed by atoms with Crippen molar-refractivity contribution in [3.8, 4) is 0 Å². The van der Waals surface area contributed by atoms with Gasteiger partial charge in [0.2, 0.25) is 5.91 Å². The number of hydrogen-bond acceptors (Lipinski definition) is 7. The highest BCUT2D eigenvalue weighted by atomic mass is 32.2. The summed E-state index contributed by atoms with van der Waals surface area (Å²) in [6.45, 7) is 3.87. The summed E-state index contributed by atoms with van der Waals surface area (Å²) in [6.07, 6.45) is 0.125. The van der Waals surface area contributed by atoms with Gasteiger partial charge in [-0.25, -0.2) is 9.78 Å². The number of hydrogen-bond donors (Lipinski definition) is 3. The monoisotopic (exact) mass is 406 g/mol. The number of esters is 1. The van der Waals surface area contributed by atoms with Gasteiger partial charge in [-0.15, -0.1) is 11.3 Å². The fraction of sp³-hybridized carbons (Fsp3) is 0.294. The van der Waals surface area contributed by atoms with Gasteiger partial charge in [-0.3, -0.25) is 9.59 Å². The summed E-state index contributed by atoms with van der Waals surface area (Å²) in [5.41, 5.74) is 2.24. The lowest BCUT2D eigenvalue weighted by molar-refractivity contribution is -0.142. The first-order chi connectivity index (χ1) is 12.9. The van der Waals surface area contributed by atoms with Gasteiger partial charge in [-0.05, 0) is 32.0 Å². The Bertz CT molecular complexity index is 1020. The van der Waals surface area contributed by atoms with Crippen molar-refractivity contribution in [2.45, 2.75) is 29.9 Å². The van der Waals surface area contributed by atoms with Crippen LogP contribution in [0.4, 0.5) is 5.69 Å². The molecule has 0 unspecified atom stereocenters. The molecule has 8 nitrogen and oxygen atoms in total. The maximum atomic E-state index is 12.4. The molecule has 3 rings (SSSR count). The van der Waals surface area contributed by atoms with Gasteiger partial charge >= 0.3 is 11.7 Å². The number of fused-ring (bicyclic) bond motifs is 1. The van der Waals surface area contributed by atoms with Gasteiger partial charge < -0.3 is 20.0 Å². The van der Waals surface area contributed by atoms with Crippen molar-refractivity contribution in [1.29, 1.82) is 0 Å².